The highest BCUT2D eigenvalue weighted by Crippen LogP contribution is 1.90. The van der Waals surface area contributed by atoms with Gasteiger partial charge in [0.05, 0.1) is 0 Å². The van der Waals surface area contributed by atoms with Gasteiger partial charge in [-0.3, -0.25) is 0 Å². The molecule has 0 aromatic rings. The molecule has 0 saturated heterocycles. The van der Waals surface area contributed by atoms with E-state index < -0.39 is 0 Å². The highest BCUT2D eigenvalue weighted by Gasteiger charge is 1.83. The lowest BCUT2D eigenvalue weighted by atomic mass is 10.3. The molecule has 0 heterocycles. The van der Waals surface area contributed by atoms with Crippen molar-refractivity contribution in [3.8, 4) is 0 Å². The fourth-order valence-corrected chi connectivity index (χ4v) is 0.879. The molecule has 0 rings (SSSR count). The Hall–Kier alpha value is -0.500. The largest absolute Gasteiger partial charge is 0.326 e. The van der Waals surface area contributed by atoms with E-state index in [1.807, 2.05) is 27.8 Å². The summed E-state index contributed by atoms with van der Waals surface area (Å²) in [5.74, 6) is 0. The predicted molar refractivity (Wildman–Crippen MR) is 72.8 cm³/mol. The lowest BCUT2D eigenvalue weighted by Crippen LogP contribution is -2.26. The average Bonchev–Trinajstić information content (AvgIpc) is 2.30. The van der Waals surface area contributed by atoms with Gasteiger partial charge in [-0.15, -0.1) is 0 Å². The van der Waals surface area contributed by atoms with Gasteiger partial charge in [0.15, 0.2) is 0 Å². The first-order chi connectivity index (χ1) is 7.26. The van der Waals surface area contributed by atoms with Crippen molar-refractivity contribution in [3.05, 3.63) is 11.8 Å². The number of hydrogen-bond acceptors (Lipinski definition) is 2. The summed E-state index contributed by atoms with van der Waals surface area (Å²) in [5.41, 5.74) is 7.07. The van der Waals surface area contributed by atoms with Gasteiger partial charge in [-0.1, -0.05) is 60.0 Å². The summed E-state index contributed by atoms with van der Waals surface area (Å²) in [5, 5.41) is 0. The quantitative estimate of drug-likeness (QED) is 0.671. The summed E-state index contributed by atoms with van der Waals surface area (Å²) in [6.45, 7) is 12.6. The average molecular weight is 216 g/mol. The molecule has 0 atom stereocenters. The van der Waals surface area contributed by atoms with Crippen LogP contribution in [0.25, 0.3) is 0 Å². The molecule has 2 N–H and O–H groups in total. The van der Waals surface area contributed by atoms with Crippen LogP contribution in [0.2, 0.25) is 0 Å². The SMILES string of the molecule is C/C=C(/CC)NNC.CC.CCCCC. The van der Waals surface area contributed by atoms with Crippen molar-refractivity contribution in [2.75, 3.05) is 7.05 Å². The van der Waals surface area contributed by atoms with Crippen LogP contribution in [0.15, 0.2) is 11.8 Å². The first-order valence-electron chi connectivity index (χ1n) is 6.34. The zero-order chi connectivity index (χ0) is 12.5. The van der Waals surface area contributed by atoms with Crippen LogP contribution in [-0.4, -0.2) is 7.05 Å². The molecule has 0 saturated carbocycles. The van der Waals surface area contributed by atoms with E-state index in [9.17, 15) is 0 Å². The van der Waals surface area contributed by atoms with E-state index in [-0.39, 0.29) is 0 Å². The third-order valence-corrected chi connectivity index (χ3v) is 1.72. The van der Waals surface area contributed by atoms with Gasteiger partial charge >= 0.3 is 0 Å². The molecule has 0 amide bonds. The fourth-order valence-electron chi connectivity index (χ4n) is 0.879. The molecule has 0 fully saturated rings. The minimum atomic E-state index is 1.05. The summed E-state index contributed by atoms with van der Waals surface area (Å²) in [4.78, 5) is 0. The molecular formula is C13H32N2. The summed E-state index contributed by atoms with van der Waals surface area (Å²) in [7, 11) is 1.86. The smallest absolute Gasteiger partial charge is 0.0216 e. The van der Waals surface area contributed by atoms with Crippen molar-refractivity contribution in [2.45, 2.75) is 67.2 Å². The van der Waals surface area contributed by atoms with Crippen molar-refractivity contribution in [3.63, 3.8) is 0 Å². The highest BCUT2D eigenvalue weighted by molar-refractivity contribution is 4.94. The maximum absolute atomic E-state index is 2.99. The van der Waals surface area contributed by atoms with Crippen LogP contribution in [0.1, 0.15) is 67.2 Å². The topological polar surface area (TPSA) is 24.1 Å². The number of hydrogen-bond donors (Lipinski definition) is 2. The maximum atomic E-state index is 2.99. The second kappa shape index (κ2) is 23.4. The van der Waals surface area contributed by atoms with E-state index in [1.54, 1.807) is 0 Å². The number of unbranched alkanes of at least 4 members (excludes halogenated alkanes) is 2. The van der Waals surface area contributed by atoms with Gasteiger partial charge in [-0.2, -0.15) is 0 Å². The molecule has 0 aliphatic carbocycles. The van der Waals surface area contributed by atoms with Crippen molar-refractivity contribution in [1.82, 2.24) is 10.9 Å². The van der Waals surface area contributed by atoms with Gasteiger partial charge in [-0.25, -0.2) is 5.43 Å². The van der Waals surface area contributed by atoms with Gasteiger partial charge in [0.2, 0.25) is 0 Å². The van der Waals surface area contributed by atoms with Crippen molar-refractivity contribution in [1.29, 1.82) is 0 Å². The van der Waals surface area contributed by atoms with Gasteiger partial charge in [0.1, 0.15) is 0 Å². The Morgan fingerprint density at radius 1 is 1.07 bits per heavy atom. The summed E-state index contributed by atoms with van der Waals surface area (Å²) in [6, 6.07) is 0. The Morgan fingerprint density at radius 3 is 1.60 bits per heavy atom. The van der Waals surface area contributed by atoms with Gasteiger partial charge in [0.25, 0.3) is 0 Å². The second-order valence-electron chi connectivity index (χ2n) is 2.90. The van der Waals surface area contributed by atoms with Crippen molar-refractivity contribution >= 4 is 0 Å². The Balaban J connectivity index is -0.000000177. The molecule has 0 unspecified atom stereocenters. The van der Waals surface area contributed by atoms with Crippen LogP contribution < -0.4 is 10.9 Å². The number of allylic oxidation sites excluding steroid dienone is 2. The Morgan fingerprint density at radius 2 is 1.53 bits per heavy atom. The van der Waals surface area contributed by atoms with E-state index in [1.165, 1.54) is 25.0 Å². The summed E-state index contributed by atoms with van der Waals surface area (Å²) >= 11 is 0. The monoisotopic (exact) mass is 216 g/mol. The minimum Gasteiger partial charge on any atom is -0.326 e. The molecule has 15 heavy (non-hydrogen) atoms. The molecule has 2 heteroatoms. The van der Waals surface area contributed by atoms with E-state index in [0.717, 1.165) is 6.42 Å². The number of nitrogens with one attached hydrogen (secondary N) is 2. The van der Waals surface area contributed by atoms with Crippen molar-refractivity contribution in [2.24, 2.45) is 0 Å². The van der Waals surface area contributed by atoms with E-state index >= 15 is 0 Å². The first kappa shape index (κ1) is 20.0. The van der Waals surface area contributed by atoms with Gasteiger partial charge in [-0.05, 0) is 13.3 Å². The van der Waals surface area contributed by atoms with Gasteiger partial charge < -0.3 is 5.43 Å². The van der Waals surface area contributed by atoms with E-state index in [0.29, 0.717) is 0 Å². The lowest BCUT2D eigenvalue weighted by molar-refractivity contribution is 0.665. The second-order valence-corrected chi connectivity index (χ2v) is 2.90. The van der Waals surface area contributed by atoms with Crippen LogP contribution >= 0.6 is 0 Å². The molecule has 0 aliphatic heterocycles. The molecule has 94 valence electrons. The Bertz CT molecular complexity index is 107. The first-order valence-corrected chi connectivity index (χ1v) is 6.34. The highest BCUT2D eigenvalue weighted by atomic mass is 15.3. The molecule has 0 bridgehead atoms. The number of hydrazine groups is 1. The van der Waals surface area contributed by atoms with Crippen LogP contribution in [0, 0.1) is 0 Å². The lowest BCUT2D eigenvalue weighted by Gasteiger charge is -2.04. The van der Waals surface area contributed by atoms with E-state index in [4.69, 9.17) is 0 Å². The molecule has 0 aliphatic rings. The predicted octanol–water partition coefficient (Wildman–Crippen LogP) is 4.25. The molecule has 2 nitrogen and oxygen atoms in total. The van der Waals surface area contributed by atoms with Crippen LogP contribution in [0.5, 0.6) is 0 Å². The van der Waals surface area contributed by atoms with Gasteiger partial charge in [0, 0.05) is 12.7 Å². The number of rotatable bonds is 5. The van der Waals surface area contributed by atoms with Crippen LogP contribution in [-0.2, 0) is 0 Å². The van der Waals surface area contributed by atoms with Crippen LogP contribution in [0.4, 0.5) is 0 Å². The molecule has 0 aromatic heterocycles. The fraction of sp³-hybridized carbons (Fsp3) is 0.846. The third-order valence-electron chi connectivity index (χ3n) is 1.72. The van der Waals surface area contributed by atoms with Crippen LogP contribution in [0.3, 0.4) is 0 Å². The molecule has 0 spiro atoms. The summed E-state index contributed by atoms with van der Waals surface area (Å²) < 4.78 is 0. The third kappa shape index (κ3) is 24.7. The normalized spacial score (nSPS) is 9.40. The standard InChI is InChI=1S/C6H14N2.C5H12.C2H6/c1-4-6(5-2)8-7-3;1-3-5-4-2;1-2/h4,7-8H,5H2,1-3H3;3-5H2,1-2H3;1-2H3/b6-4-;;. The van der Waals surface area contributed by atoms with E-state index in [2.05, 4.69) is 37.7 Å². The molecular weight excluding hydrogens is 184 g/mol. The Labute approximate surface area is 97.5 Å². The Kier molecular flexibility index (Phi) is 31.1. The minimum absolute atomic E-state index is 1.05. The molecule has 0 aromatic carbocycles. The van der Waals surface area contributed by atoms with Crippen molar-refractivity contribution < 1.29 is 0 Å². The molecule has 0 radical (unpaired) electrons. The maximum Gasteiger partial charge on any atom is 0.0216 e. The summed E-state index contributed by atoms with van der Waals surface area (Å²) in [6.07, 6.45) is 7.18. The zero-order valence-corrected chi connectivity index (χ0v) is 11.9. The zero-order valence-electron chi connectivity index (χ0n) is 11.9.